The van der Waals surface area contributed by atoms with Crippen LogP contribution in [0.2, 0.25) is 0 Å². The van der Waals surface area contributed by atoms with Gasteiger partial charge in [0.1, 0.15) is 5.75 Å². The lowest BCUT2D eigenvalue weighted by Gasteiger charge is -2.09. The van der Waals surface area contributed by atoms with E-state index in [0.29, 0.717) is 23.5 Å². The SMILES string of the molecule is CCNC(=O)c1cccc(NC(=O)COC(=O)Cc2cccc(OC)c2)c1. The number of hydrogen-bond donors (Lipinski definition) is 2. The minimum Gasteiger partial charge on any atom is -0.497 e. The summed E-state index contributed by atoms with van der Waals surface area (Å²) in [6.07, 6.45) is 0.0388. The highest BCUT2D eigenvalue weighted by molar-refractivity contribution is 5.97. The van der Waals surface area contributed by atoms with Crippen LogP contribution in [-0.4, -0.2) is 38.0 Å². The van der Waals surface area contributed by atoms with E-state index in [2.05, 4.69) is 10.6 Å². The van der Waals surface area contributed by atoms with Gasteiger partial charge in [-0.25, -0.2) is 0 Å². The molecule has 0 atom stereocenters. The molecule has 0 aliphatic rings. The summed E-state index contributed by atoms with van der Waals surface area (Å²) in [7, 11) is 1.54. The Morgan fingerprint density at radius 1 is 1.04 bits per heavy atom. The van der Waals surface area contributed by atoms with Crippen LogP contribution < -0.4 is 15.4 Å². The van der Waals surface area contributed by atoms with E-state index in [1.807, 2.05) is 6.92 Å². The average Bonchev–Trinajstić information content (AvgIpc) is 2.67. The van der Waals surface area contributed by atoms with Crippen LogP contribution in [0.3, 0.4) is 0 Å². The minimum absolute atomic E-state index is 0.0388. The van der Waals surface area contributed by atoms with Crippen molar-refractivity contribution in [2.24, 2.45) is 0 Å². The highest BCUT2D eigenvalue weighted by Crippen LogP contribution is 2.13. The summed E-state index contributed by atoms with van der Waals surface area (Å²) < 4.78 is 10.1. The van der Waals surface area contributed by atoms with Crippen molar-refractivity contribution in [1.29, 1.82) is 0 Å². The Hall–Kier alpha value is -3.35. The quantitative estimate of drug-likeness (QED) is 0.695. The van der Waals surface area contributed by atoms with Crippen molar-refractivity contribution in [2.45, 2.75) is 13.3 Å². The summed E-state index contributed by atoms with van der Waals surface area (Å²) in [5, 5.41) is 5.28. The third kappa shape index (κ3) is 6.47. The zero-order chi connectivity index (χ0) is 19.6. The Balaban J connectivity index is 1.84. The monoisotopic (exact) mass is 370 g/mol. The van der Waals surface area contributed by atoms with Crippen molar-refractivity contribution in [3.8, 4) is 5.75 Å². The van der Waals surface area contributed by atoms with Crippen LogP contribution in [0.25, 0.3) is 0 Å². The van der Waals surface area contributed by atoms with Crippen molar-refractivity contribution in [1.82, 2.24) is 5.32 Å². The second-order valence-electron chi connectivity index (χ2n) is 5.68. The summed E-state index contributed by atoms with van der Waals surface area (Å²) in [4.78, 5) is 35.7. The second kappa shape index (κ2) is 9.96. The fourth-order valence-corrected chi connectivity index (χ4v) is 2.34. The molecule has 2 aromatic carbocycles. The summed E-state index contributed by atoms with van der Waals surface area (Å²) >= 11 is 0. The normalized spacial score (nSPS) is 10.0. The number of ether oxygens (including phenoxy) is 2. The van der Waals surface area contributed by atoms with Crippen LogP contribution in [0.5, 0.6) is 5.75 Å². The van der Waals surface area contributed by atoms with E-state index in [9.17, 15) is 14.4 Å². The van der Waals surface area contributed by atoms with Gasteiger partial charge in [-0.2, -0.15) is 0 Å². The molecule has 0 bridgehead atoms. The van der Waals surface area contributed by atoms with Gasteiger partial charge >= 0.3 is 5.97 Å². The van der Waals surface area contributed by atoms with Crippen molar-refractivity contribution in [3.63, 3.8) is 0 Å². The number of carbonyl (C=O) groups excluding carboxylic acids is 3. The molecule has 2 amide bonds. The predicted molar refractivity (Wildman–Crippen MR) is 101 cm³/mol. The van der Waals surface area contributed by atoms with Crippen LogP contribution in [0, 0.1) is 0 Å². The molecule has 2 N–H and O–H groups in total. The van der Waals surface area contributed by atoms with Crippen molar-refractivity contribution in [3.05, 3.63) is 59.7 Å². The van der Waals surface area contributed by atoms with Crippen molar-refractivity contribution < 1.29 is 23.9 Å². The third-order valence-electron chi connectivity index (χ3n) is 3.59. The number of methoxy groups -OCH3 is 1. The maximum absolute atomic E-state index is 12.0. The molecule has 2 rings (SSSR count). The molecule has 7 nitrogen and oxygen atoms in total. The van der Waals surface area contributed by atoms with Crippen LogP contribution in [0.1, 0.15) is 22.8 Å². The van der Waals surface area contributed by atoms with Gasteiger partial charge in [0.15, 0.2) is 6.61 Å². The highest BCUT2D eigenvalue weighted by Gasteiger charge is 2.11. The Bertz CT molecular complexity index is 820. The number of carbonyl (C=O) groups is 3. The molecule has 0 saturated carbocycles. The lowest BCUT2D eigenvalue weighted by atomic mass is 10.1. The maximum Gasteiger partial charge on any atom is 0.310 e. The number of nitrogens with one attached hydrogen (secondary N) is 2. The van der Waals surface area contributed by atoms with Gasteiger partial charge in [-0.1, -0.05) is 18.2 Å². The van der Waals surface area contributed by atoms with Crippen LogP contribution in [0.15, 0.2) is 48.5 Å². The molecule has 0 aromatic heterocycles. The number of amides is 2. The molecule has 0 spiro atoms. The summed E-state index contributed by atoms with van der Waals surface area (Å²) in [6, 6.07) is 13.6. The largest absolute Gasteiger partial charge is 0.497 e. The first-order valence-electron chi connectivity index (χ1n) is 8.48. The molecule has 0 aliphatic carbocycles. The Morgan fingerprint density at radius 3 is 2.56 bits per heavy atom. The number of esters is 1. The zero-order valence-electron chi connectivity index (χ0n) is 15.3. The van der Waals surface area contributed by atoms with E-state index in [4.69, 9.17) is 9.47 Å². The van der Waals surface area contributed by atoms with E-state index in [1.165, 1.54) is 0 Å². The predicted octanol–water partition coefficient (Wildman–Crippen LogP) is 2.17. The molecular weight excluding hydrogens is 348 g/mol. The van der Waals surface area contributed by atoms with Gasteiger partial charge in [-0.15, -0.1) is 0 Å². The molecule has 0 aliphatic heterocycles. The second-order valence-corrected chi connectivity index (χ2v) is 5.68. The van der Waals surface area contributed by atoms with Gasteiger partial charge in [0.2, 0.25) is 0 Å². The first-order valence-corrected chi connectivity index (χ1v) is 8.48. The lowest BCUT2D eigenvalue weighted by molar-refractivity contribution is -0.146. The van der Waals surface area contributed by atoms with Crippen LogP contribution in [0.4, 0.5) is 5.69 Å². The van der Waals surface area contributed by atoms with Crippen molar-refractivity contribution in [2.75, 3.05) is 25.6 Å². The molecule has 0 unspecified atom stereocenters. The van der Waals surface area contributed by atoms with Crippen molar-refractivity contribution >= 4 is 23.5 Å². The molecule has 0 fully saturated rings. The van der Waals surface area contributed by atoms with Crippen LogP contribution in [-0.2, 0) is 20.7 Å². The molecule has 0 radical (unpaired) electrons. The number of hydrogen-bond acceptors (Lipinski definition) is 5. The van der Waals surface area contributed by atoms with E-state index in [1.54, 1.807) is 55.6 Å². The van der Waals surface area contributed by atoms with E-state index in [0.717, 1.165) is 5.56 Å². The average molecular weight is 370 g/mol. The Labute approximate surface area is 157 Å². The molecule has 0 heterocycles. The Kier molecular flexibility index (Phi) is 7.37. The van der Waals surface area contributed by atoms with Gasteiger partial charge < -0.3 is 20.1 Å². The fourth-order valence-electron chi connectivity index (χ4n) is 2.34. The van der Waals surface area contributed by atoms with Gasteiger partial charge in [0.25, 0.3) is 11.8 Å². The smallest absolute Gasteiger partial charge is 0.310 e. The zero-order valence-corrected chi connectivity index (χ0v) is 15.3. The van der Waals surface area contributed by atoms with Gasteiger partial charge in [0, 0.05) is 17.8 Å². The summed E-state index contributed by atoms with van der Waals surface area (Å²) in [5.41, 5.74) is 1.62. The molecule has 0 saturated heterocycles. The van der Waals surface area contributed by atoms with E-state index in [-0.39, 0.29) is 12.3 Å². The summed E-state index contributed by atoms with van der Waals surface area (Å²) in [5.74, 6) is -0.583. The number of benzene rings is 2. The number of rotatable bonds is 8. The van der Waals surface area contributed by atoms with E-state index < -0.39 is 18.5 Å². The molecular formula is C20H22N2O5. The fraction of sp³-hybridized carbons (Fsp3) is 0.250. The van der Waals surface area contributed by atoms with Gasteiger partial charge in [0.05, 0.1) is 13.5 Å². The van der Waals surface area contributed by atoms with Gasteiger partial charge in [-0.05, 0) is 42.8 Å². The number of anilines is 1. The summed E-state index contributed by atoms with van der Waals surface area (Å²) in [6.45, 7) is 1.93. The van der Waals surface area contributed by atoms with Gasteiger partial charge in [-0.3, -0.25) is 14.4 Å². The standard InChI is InChI=1S/C20H22N2O5/c1-3-21-20(25)15-7-5-8-16(12-15)22-18(23)13-27-19(24)11-14-6-4-9-17(10-14)26-2/h4-10,12H,3,11,13H2,1-2H3,(H,21,25)(H,22,23). The highest BCUT2D eigenvalue weighted by atomic mass is 16.5. The third-order valence-corrected chi connectivity index (χ3v) is 3.59. The molecule has 2 aromatic rings. The minimum atomic E-state index is -0.519. The molecule has 27 heavy (non-hydrogen) atoms. The topological polar surface area (TPSA) is 93.7 Å². The molecule has 142 valence electrons. The maximum atomic E-state index is 12.0. The van der Waals surface area contributed by atoms with Crippen LogP contribution >= 0.6 is 0 Å². The lowest BCUT2D eigenvalue weighted by Crippen LogP contribution is -2.24. The first kappa shape index (κ1) is 20.0. The Morgan fingerprint density at radius 2 is 1.81 bits per heavy atom. The van der Waals surface area contributed by atoms with E-state index >= 15 is 0 Å². The molecule has 7 heteroatoms. The first-order chi connectivity index (χ1) is 13.0.